The summed E-state index contributed by atoms with van der Waals surface area (Å²) in [5.41, 5.74) is 4.33. The number of halogens is 3. The lowest BCUT2D eigenvalue weighted by Crippen LogP contribution is -1.95. The third-order valence-electron chi connectivity index (χ3n) is 4.92. The normalized spacial score (nSPS) is 10.7. The SMILES string of the molecule is COCCc1ccc(-c2ccc(C#Cc3ccc4c(F)c(F)c(F)cc4c3)cc2)nc1. The molecule has 0 aliphatic rings. The van der Waals surface area contributed by atoms with Gasteiger partial charge in [0.2, 0.25) is 0 Å². The number of rotatable bonds is 4. The largest absolute Gasteiger partial charge is 0.384 e. The third-order valence-corrected chi connectivity index (χ3v) is 4.92. The predicted molar refractivity (Wildman–Crippen MR) is 115 cm³/mol. The zero-order valence-corrected chi connectivity index (χ0v) is 16.8. The predicted octanol–water partition coefficient (Wildman–Crippen LogP) is 5.91. The Bertz CT molecular complexity index is 1290. The molecule has 5 heteroatoms. The molecule has 0 aliphatic carbocycles. The molecule has 4 rings (SSSR count). The second-order valence-electron chi connectivity index (χ2n) is 7.04. The van der Waals surface area contributed by atoms with Crippen LogP contribution in [0.15, 0.2) is 66.9 Å². The van der Waals surface area contributed by atoms with Crippen LogP contribution in [0, 0.1) is 29.3 Å². The first kappa shape index (κ1) is 20.6. The van der Waals surface area contributed by atoms with E-state index in [1.165, 1.54) is 12.1 Å². The second kappa shape index (κ2) is 9.03. The van der Waals surface area contributed by atoms with Gasteiger partial charge in [0.05, 0.1) is 12.3 Å². The highest BCUT2D eigenvalue weighted by atomic mass is 19.2. The highest BCUT2D eigenvalue weighted by Gasteiger charge is 2.13. The highest BCUT2D eigenvalue weighted by Crippen LogP contribution is 2.24. The van der Waals surface area contributed by atoms with Crippen molar-refractivity contribution in [2.75, 3.05) is 13.7 Å². The van der Waals surface area contributed by atoms with Gasteiger partial charge in [-0.1, -0.05) is 36.1 Å². The van der Waals surface area contributed by atoms with Crippen LogP contribution >= 0.6 is 0 Å². The summed E-state index contributed by atoms with van der Waals surface area (Å²) < 4.78 is 45.8. The Hall–Kier alpha value is -3.62. The summed E-state index contributed by atoms with van der Waals surface area (Å²) in [6.45, 7) is 0.659. The molecular formula is C26H18F3NO. The van der Waals surface area contributed by atoms with Crippen molar-refractivity contribution in [3.63, 3.8) is 0 Å². The number of pyridine rings is 1. The van der Waals surface area contributed by atoms with Gasteiger partial charge < -0.3 is 4.74 Å². The van der Waals surface area contributed by atoms with E-state index in [1.54, 1.807) is 13.2 Å². The highest BCUT2D eigenvalue weighted by molar-refractivity contribution is 5.84. The molecule has 0 bridgehead atoms. The van der Waals surface area contributed by atoms with E-state index in [0.29, 0.717) is 12.2 Å². The number of hydrogen-bond acceptors (Lipinski definition) is 2. The van der Waals surface area contributed by atoms with Crippen LogP contribution in [0.25, 0.3) is 22.0 Å². The Balaban J connectivity index is 1.53. The Morgan fingerprint density at radius 2 is 1.58 bits per heavy atom. The van der Waals surface area contributed by atoms with E-state index in [1.807, 2.05) is 42.6 Å². The summed E-state index contributed by atoms with van der Waals surface area (Å²) in [6.07, 6.45) is 2.67. The van der Waals surface area contributed by atoms with Gasteiger partial charge in [-0.25, -0.2) is 13.2 Å². The Labute approximate surface area is 178 Å². The van der Waals surface area contributed by atoms with Gasteiger partial charge in [-0.15, -0.1) is 0 Å². The van der Waals surface area contributed by atoms with Crippen LogP contribution in [0.4, 0.5) is 13.2 Å². The van der Waals surface area contributed by atoms with Gasteiger partial charge in [0.25, 0.3) is 0 Å². The average Bonchev–Trinajstić information content (AvgIpc) is 2.80. The van der Waals surface area contributed by atoms with Crippen molar-refractivity contribution in [1.29, 1.82) is 0 Å². The minimum absolute atomic E-state index is 0.0227. The molecule has 1 aromatic heterocycles. The number of fused-ring (bicyclic) bond motifs is 1. The minimum atomic E-state index is -1.47. The van der Waals surface area contributed by atoms with Crippen molar-refractivity contribution >= 4 is 10.8 Å². The lowest BCUT2D eigenvalue weighted by atomic mass is 10.0. The van der Waals surface area contributed by atoms with E-state index in [4.69, 9.17) is 4.74 Å². The summed E-state index contributed by atoms with van der Waals surface area (Å²) in [6, 6.07) is 17.2. The zero-order chi connectivity index (χ0) is 21.8. The molecule has 0 aliphatic heterocycles. The summed E-state index contributed by atoms with van der Waals surface area (Å²) in [5, 5.41) is 0.285. The molecule has 0 fully saturated rings. The topological polar surface area (TPSA) is 22.1 Å². The number of benzene rings is 3. The summed E-state index contributed by atoms with van der Waals surface area (Å²) >= 11 is 0. The Kier molecular flexibility index (Phi) is 6.01. The van der Waals surface area contributed by atoms with Crippen molar-refractivity contribution in [1.82, 2.24) is 4.98 Å². The molecule has 4 aromatic rings. The van der Waals surface area contributed by atoms with Gasteiger partial charge in [0.1, 0.15) is 0 Å². The molecule has 0 unspecified atom stereocenters. The van der Waals surface area contributed by atoms with Gasteiger partial charge in [0.15, 0.2) is 17.5 Å². The first-order valence-corrected chi connectivity index (χ1v) is 9.69. The number of hydrogen-bond donors (Lipinski definition) is 0. The lowest BCUT2D eigenvalue weighted by molar-refractivity contribution is 0.202. The van der Waals surface area contributed by atoms with Gasteiger partial charge in [-0.3, -0.25) is 4.98 Å². The number of methoxy groups -OCH3 is 1. The molecule has 0 spiro atoms. The fourth-order valence-corrected chi connectivity index (χ4v) is 3.21. The summed E-state index contributed by atoms with van der Waals surface area (Å²) in [4.78, 5) is 4.49. The van der Waals surface area contributed by atoms with Crippen LogP contribution in [-0.4, -0.2) is 18.7 Å². The quantitative estimate of drug-likeness (QED) is 0.304. The fourth-order valence-electron chi connectivity index (χ4n) is 3.21. The molecule has 0 atom stereocenters. The smallest absolute Gasteiger partial charge is 0.195 e. The van der Waals surface area contributed by atoms with Crippen LogP contribution in [0.2, 0.25) is 0 Å². The molecule has 1 heterocycles. The minimum Gasteiger partial charge on any atom is -0.384 e. The van der Waals surface area contributed by atoms with Crippen molar-refractivity contribution in [3.8, 4) is 23.1 Å². The van der Waals surface area contributed by atoms with Gasteiger partial charge in [0, 0.05) is 35.4 Å². The van der Waals surface area contributed by atoms with Crippen LogP contribution in [-0.2, 0) is 11.2 Å². The molecular weight excluding hydrogens is 399 g/mol. The standard InChI is InChI=1S/C26H18F3NO/c1-31-13-12-19-7-11-24(30-16-19)20-8-4-17(5-9-20)2-3-18-6-10-22-21(14-18)15-23(27)26(29)25(22)28/h4-11,14-16H,12-13H2,1H3. The van der Waals surface area contributed by atoms with Crippen LogP contribution in [0.3, 0.4) is 0 Å². The number of ether oxygens (including phenoxy) is 1. The van der Waals surface area contributed by atoms with Gasteiger partial charge in [-0.2, -0.15) is 0 Å². The number of aromatic nitrogens is 1. The average molecular weight is 417 g/mol. The van der Waals surface area contributed by atoms with Crippen molar-refractivity contribution < 1.29 is 17.9 Å². The molecule has 0 radical (unpaired) electrons. The van der Waals surface area contributed by atoms with E-state index >= 15 is 0 Å². The van der Waals surface area contributed by atoms with E-state index < -0.39 is 17.5 Å². The van der Waals surface area contributed by atoms with Crippen molar-refractivity contribution in [3.05, 3.63) is 101 Å². The first-order chi connectivity index (χ1) is 15.0. The van der Waals surface area contributed by atoms with Crippen LogP contribution in [0.5, 0.6) is 0 Å². The molecule has 0 amide bonds. The molecule has 0 saturated heterocycles. The van der Waals surface area contributed by atoms with E-state index in [2.05, 4.69) is 16.8 Å². The molecule has 154 valence electrons. The van der Waals surface area contributed by atoms with Crippen molar-refractivity contribution in [2.24, 2.45) is 0 Å². The lowest BCUT2D eigenvalue weighted by Gasteiger charge is -2.04. The molecule has 3 aromatic carbocycles. The second-order valence-corrected chi connectivity index (χ2v) is 7.04. The van der Waals surface area contributed by atoms with Crippen molar-refractivity contribution in [2.45, 2.75) is 6.42 Å². The monoisotopic (exact) mass is 417 g/mol. The Morgan fingerprint density at radius 3 is 2.29 bits per heavy atom. The third kappa shape index (κ3) is 4.60. The van der Waals surface area contributed by atoms with Gasteiger partial charge >= 0.3 is 0 Å². The van der Waals surface area contributed by atoms with Gasteiger partial charge in [-0.05, 0) is 53.8 Å². The molecule has 2 nitrogen and oxygen atoms in total. The first-order valence-electron chi connectivity index (χ1n) is 9.69. The summed E-state index contributed by atoms with van der Waals surface area (Å²) in [5.74, 6) is 2.13. The zero-order valence-electron chi connectivity index (χ0n) is 16.8. The summed E-state index contributed by atoms with van der Waals surface area (Å²) in [7, 11) is 1.67. The maximum atomic E-state index is 13.8. The molecule has 31 heavy (non-hydrogen) atoms. The van der Waals surface area contributed by atoms with E-state index in [0.717, 1.165) is 34.9 Å². The molecule has 0 N–H and O–H groups in total. The van der Waals surface area contributed by atoms with Crippen LogP contribution in [0.1, 0.15) is 16.7 Å². The van der Waals surface area contributed by atoms with E-state index in [9.17, 15) is 13.2 Å². The molecule has 0 saturated carbocycles. The maximum absolute atomic E-state index is 13.8. The number of nitrogens with zero attached hydrogens (tertiary/aromatic N) is 1. The van der Waals surface area contributed by atoms with Crippen LogP contribution < -0.4 is 0 Å². The maximum Gasteiger partial charge on any atom is 0.195 e. The van der Waals surface area contributed by atoms with E-state index in [-0.39, 0.29) is 10.8 Å². The fraction of sp³-hybridized carbons (Fsp3) is 0.115. The Morgan fingerprint density at radius 1 is 0.839 bits per heavy atom.